The first-order chi connectivity index (χ1) is 18.2. The average Bonchev–Trinajstić information content (AvgIpc) is 3.68. The van der Waals surface area contributed by atoms with Gasteiger partial charge in [0.2, 0.25) is 0 Å². The highest BCUT2D eigenvalue weighted by Gasteiger charge is 2.17. The summed E-state index contributed by atoms with van der Waals surface area (Å²) in [6, 6.07) is 16.7. The molecule has 1 fully saturated rings. The molecule has 2 N–H and O–H groups in total. The quantitative estimate of drug-likeness (QED) is 0.312. The van der Waals surface area contributed by atoms with Crippen LogP contribution in [0.2, 0.25) is 0 Å². The molecule has 0 atom stereocenters. The van der Waals surface area contributed by atoms with Gasteiger partial charge in [0.1, 0.15) is 17.0 Å². The van der Waals surface area contributed by atoms with Gasteiger partial charge in [-0.15, -0.1) is 0 Å². The Kier molecular flexibility index (Phi) is 5.25. The van der Waals surface area contributed by atoms with Gasteiger partial charge in [-0.3, -0.25) is 20.0 Å². The number of benzene rings is 2. The molecule has 0 bridgehead atoms. The van der Waals surface area contributed by atoms with Gasteiger partial charge in [0, 0.05) is 41.6 Å². The van der Waals surface area contributed by atoms with Crippen molar-refractivity contribution in [1.82, 2.24) is 35.0 Å². The summed E-state index contributed by atoms with van der Waals surface area (Å²) in [4.78, 5) is 19.8. The van der Waals surface area contributed by atoms with Crippen molar-refractivity contribution >= 4 is 21.9 Å². The van der Waals surface area contributed by atoms with Gasteiger partial charge in [0.15, 0.2) is 5.82 Å². The van der Waals surface area contributed by atoms with Crippen molar-refractivity contribution in [3.8, 4) is 33.9 Å². The number of hydrogen-bond donors (Lipinski definition) is 2. The Morgan fingerprint density at radius 1 is 0.838 bits per heavy atom. The van der Waals surface area contributed by atoms with Crippen molar-refractivity contribution in [3.63, 3.8) is 0 Å². The number of aromatic nitrogens is 6. The van der Waals surface area contributed by atoms with Crippen LogP contribution in [-0.2, 0) is 6.54 Å². The SMILES string of the molecule is Fc1ccc(-c2nccc3[nH]c(-c4n[nH]c5ccc(-c6cncc(CN7CCCC7)c6)cc45)nc23)cc1. The first-order valence-electron chi connectivity index (χ1n) is 12.5. The number of halogens is 1. The molecule has 182 valence electrons. The standard InChI is InChI=1S/C29H24FN7/c30-22-6-3-19(4-7-22)26-28-25(9-10-32-26)33-29(34-28)27-23-14-20(5-8-24(23)35-36-27)21-13-18(15-31-16-21)17-37-11-1-2-12-37/h3-10,13-16H,1-2,11-12,17H2,(H,33,34)(H,35,36). The predicted octanol–water partition coefficient (Wildman–Crippen LogP) is 5.97. The molecule has 2 aromatic carbocycles. The van der Waals surface area contributed by atoms with Crippen LogP contribution in [0.4, 0.5) is 4.39 Å². The van der Waals surface area contributed by atoms with Gasteiger partial charge in [0.25, 0.3) is 0 Å². The van der Waals surface area contributed by atoms with Crippen molar-refractivity contribution in [1.29, 1.82) is 0 Å². The van der Waals surface area contributed by atoms with Gasteiger partial charge >= 0.3 is 0 Å². The van der Waals surface area contributed by atoms with Crippen molar-refractivity contribution < 1.29 is 4.39 Å². The fourth-order valence-electron chi connectivity index (χ4n) is 5.17. The van der Waals surface area contributed by atoms with Gasteiger partial charge in [-0.25, -0.2) is 9.37 Å². The second-order valence-corrected chi connectivity index (χ2v) is 9.55. The number of aromatic amines is 2. The zero-order chi connectivity index (χ0) is 24.8. The number of H-pyrrole nitrogens is 2. The highest BCUT2D eigenvalue weighted by molar-refractivity contribution is 5.97. The van der Waals surface area contributed by atoms with Crippen LogP contribution in [0, 0.1) is 5.82 Å². The van der Waals surface area contributed by atoms with Gasteiger partial charge in [-0.2, -0.15) is 5.10 Å². The molecule has 4 aromatic heterocycles. The summed E-state index contributed by atoms with van der Waals surface area (Å²) < 4.78 is 13.5. The summed E-state index contributed by atoms with van der Waals surface area (Å²) >= 11 is 0. The maximum absolute atomic E-state index is 13.5. The summed E-state index contributed by atoms with van der Waals surface area (Å²) in [5, 5.41) is 8.69. The summed E-state index contributed by atoms with van der Waals surface area (Å²) in [7, 11) is 0. The average molecular weight is 490 g/mol. The van der Waals surface area contributed by atoms with Gasteiger partial charge in [0.05, 0.1) is 16.7 Å². The normalized spacial score (nSPS) is 14.2. The summed E-state index contributed by atoms with van der Waals surface area (Å²) in [5.41, 5.74) is 8.11. The second-order valence-electron chi connectivity index (χ2n) is 9.55. The second kappa shape index (κ2) is 8.90. The van der Waals surface area contributed by atoms with E-state index in [1.54, 1.807) is 18.3 Å². The van der Waals surface area contributed by atoms with Crippen LogP contribution in [0.5, 0.6) is 0 Å². The van der Waals surface area contributed by atoms with Crippen molar-refractivity contribution in [2.75, 3.05) is 13.1 Å². The molecular weight excluding hydrogens is 465 g/mol. The molecule has 0 radical (unpaired) electrons. The number of rotatable bonds is 5. The molecule has 0 saturated carbocycles. The topological polar surface area (TPSA) is 86.4 Å². The molecule has 1 aliphatic heterocycles. The molecule has 1 saturated heterocycles. The van der Waals surface area contributed by atoms with E-state index < -0.39 is 0 Å². The van der Waals surface area contributed by atoms with E-state index in [0.717, 1.165) is 64.0 Å². The van der Waals surface area contributed by atoms with Crippen LogP contribution in [0.3, 0.4) is 0 Å². The van der Waals surface area contributed by atoms with Crippen LogP contribution < -0.4 is 0 Å². The zero-order valence-electron chi connectivity index (χ0n) is 20.1. The molecule has 37 heavy (non-hydrogen) atoms. The van der Waals surface area contributed by atoms with E-state index in [0.29, 0.717) is 11.5 Å². The Hall–Kier alpha value is -4.43. The lowest BCUT2D eigenvalue weighted by atomic mass is 10.0. The largest absolute Gasteiger partial charge is 0.336 e. The monoisotopic (exact) mass is 489 g/mol. The Balaban J connectivity index is 1.27. The first kappa shape index (κ1) is 21.8. The number of nitrogens with one attached hydrogen (secondary N) is 2. The molecule has 0 unspecified atom stereocenters. The van der Waals surface area contributed by atoms with E-state index in [1.165, 1.54) is 30.5 Å². The molecule has 5 heterocycles. The first-order valence-corrected chi connectivity index (χ1v) is 12.5. The minimum Gasteiger partial charge on any atom is -0.336 e. The van der Waals surface area contributed by atoms with Gasteiger partial charge < -0.3 is 4.98 Å². The van der Waals surface area contributed by atoms with E-state index >= 15 is 0 Å². The van der Waals surface area contributed by atoms with E-state index in [-0.39, 0.29) is 5.82 Å². The fraction of sp³-hybridized carbons (Fsp3) is 0.172. The highest BCUT2D eigenvalue weighted by Crippen LogP contribution is 2.32. The number of fused-ring (bicyclic) bond motifs is 2. The molecule has 0 aliphatic carbocycles. The predicted molar refractivity (Wildman–Crippen MR) is 142 cm³/mol. The number of nitrogens with zero attached hydrogens (tertiary/aromatic N) is 5. The Bertz CT molecular complexity index is 1730. The highest BCUT2D eigenvalue weighted by atomic mass is 19.1. The van der Waals surface area contributed by atoms with Crippen molar-refractivity contribution in [2.45, 2.75) is 19.4 Å². The van der Waals surface area contributed by atoms with Crippen molar-refractivity contribution in [2.24, 2.45) is 0 Å². The maximum Gasteiger partial charge on any atom is 0.159 e. The smallest absolute Gasteiger partial charge is 0.159 e. The minimum absolute atomic E-state index is 0.283. The van der Waals surface area contributed by atoms with Crippen molar-refractivity contribution in [3.05, 3.63) is 84.6 Å². The lowest BCUT2D eigenvalue weighted by molar-refractivity contribution is 0.331. The molecule has 6 aromatic rings. The molecule has 7 nitrogen and oxygen atoms in total. The summed E-state index contributed by atoms with van der Waals surface area (Å²) in [5.74, 6) is 0.366. The van der Waals surface area contributed by atoms with Crippen LogP contribution in [0.15, 0.2) is 73.2 Å². The van der Waals surface area contributed by atoms with E-state index in [2.05, 4.69) is 48.2 Å². The van der Waals surface area contributed by atoms with Gasteiger partial charge in [-0.1, -0.05) is 6.07 Å². The van der Waals surface area contributed by atoms with Crippen LogP contribution in [0.25, 0.3) is 55.8 Å². The zero-order valence-corrected chi connectivity index (χ0v) is 20.1. The number of hydrogen-bond acceptors (Lipinski definition) is 5. The Morgan fingerprint density at radius 3 is 2.54 bits per heavy atom. The fourth-order valence-corrected chi connectivity index (χ4v) is 5.17. The third kappa shape index (κ3) is 4.05. The lowest BCUT2D eigenvalue weighted by Crippen LogP contribution is -2.18. The van der Waals surface area contributed by atoms with Crippen LogP contribution in [0.1, 0.15) is 18.4 Å². The number of pyridine rings is 2. The van der Waals surface area contributed by atoms with Gasteiger partial charge in [-0.05, 0) is 85.6 Å². The minimum atomic E-state index is -0.283. The van der Waals surface area contributed by atoms with E-state index in [1.807, 2.05) is 24.5 Å². The van der Waals surface area contributed by atoms with Crippen LogP contribution in [-0.4, -0.2) is 48.1 Å². The molecule has 8 heteroatoms. The summed E-state index contributed by atoms with van der Waals surface area (Å²) in [6.07, 6.45) is 8.15. The molecule has 0 spiro atoms. The van der Waals surface area contributed by atoms with E-state index in [9.17, 15) is 4.39 Å². The molecule has 1 aliphatic rings. The number of likely N-dealkylation sites (tertiary alicyclic amines) is 1. The molecule has 7 rings (SSSR count). The Labute approximate surface area is 212 Å². The maximum atomic E-state index is 13.5. The third-order valence-corrected chi connectivity index (χ3v) is 7.04. The van der Waals surface area contributed by atoms with Crippen LogP contribution >= 0.6 is 0 Å². The Morgan fingerprint density at radius 2 is 1.68 bits per heavy atom. The number of imidazole rings is 1. The third-order valence-electron chi connectivity index (χ3n) is 7.04. The molecule has 0 amide bonds. The van der Waals surface area contributed by atoms with E-state index in [4.69, 9.17) is 4.98 Å². The lowest BCUT2D eigenvalue weighted by Gasteiger charge is -2.14. The molecular formula is C29H24FN7. The summed E-state index contributed by atoms with van der Waals surface area (Å²) in [6.45, 7) is 3.25.